The Morgan fingerprint density at radius 3 is 2.71 bits per heavy atom. The van der Waals surface area contributed by atoms with Gasteiger partial charge in [0.2, 0.25) is 0 Å². The van der Waals surface area contributed by atoms with Crippen molar-refractivity contribution in [3.63, 3.8) is 0 Å². The van der Waals surface area contributed by atoms with Crippen molar-refractivity contribution in [1.29, 1.82) is 0 Å². The highest BCUT2D eigenvalue weighted by atomic mass is 32.1. The molecule has 37 valence electrons. The molecule has 0 saturated heterocycles. The van der Waals surface area contributed by atoms with Crippen molar-refractivity contribution >= 4 is 11.3 Å². The van der Waals surface area contributed by atoms with Crippen molar-refractivity contribution in [2.45, 2.75) is 6.92 Å². The molecule has 0 bridgehead atoms. The highest BCUT2D eigenvalue weighted by Crippen LogP contribution is 2.07. The molecular formula is C5H6NS. The molecule has 1 radical (unpaired) electrons. The number of rotatable bonds is 0. The van der Waals surface area contributed by atoms with Crippen molar-refractivity contribution < 1.29 is 0 Å². The lowest BCUT2D eigenvalue weighted by molar-refractivity contribution is 1.34. The fourth-order valence-electron chi connectivity index (χ4n) is 0.401. The summed E-state index contributed by atoms with van der Waals surface area (Å²) in [5.74, 6) is 0. The normalized spacial score (nSPS) is 9.43. The van der Waals surface area contributed by atoms with Crippen molar-refractivity contribution in [1.82, 2.24) is 4.98 Å². The quantitative estimate of drug-likeness (QED) is 0.497. The zero-order chi connectivity index (χ0) is 5.28. The molecule has 0 spiro atoms. The van der Waals surface area contributed by atoms with E-state index < -0.39 is 0 Å². The standard InChI is InChI=1S/C5H6NS/c1-4-3-6-5(2)7-4/h3H,2H2,1H3. The lowest BCUT2D eigenvalue weighted by Gasteiger charge is -1.68. The molecule has 0 aromatic carbocycles. The summed E-state index contributed by atoms with van der Waals surface area (Å²) >= 11 is 1.62. The number of aromatic nitrogens is 1. The Balaban J connectivity index is 3.04. The van der Waals surface area contributed by atoms with E-state index in [1.807, 2.05) is 13.1 Å². The van der Waals surface area contributed by atoms with Crippen LogP contribution in [0, 0.1) is 13.8 Å². The highest BCUT2D eigenvalue weighted by molar-refractivity contribution is 7.11. The smallest absolute Gasteiger partial charge is 0.0931 e. The van der Waals surface area contributed by atoms with Gasteiger partial charge in [0, 0.05) is 18.0 Å². The van der Waals surface area contributed by atoms with Crippen LogP contribution in [-0.4, -0.2) is 4.98 Å². The molecule has 1 rings (SSSR count). The summed E-state index contributed by atoms with van der Waals surface area (Å²) in [5.41, 5.74) is 0. The molecule has 0 atom stereocenters. The Kier molecular flexibility index (Phi) is 1.11. The van der Waals surface area contributed by atoms with E-state index in [1.54, 1.807) is 11.3 Å². The van der Waals surface area contributed by atoms with Gasteiger partial charge in [-0.3, -0.25) is 0 Å². The van der Waals surface area contributed by atoms with Gasteiger partial charge in [0.05, 0.1) is 5.01 Å². The minimum atomic E-state index is 0.900. The van der Waals surface area contributed by atoms with E-state index in [-0.39, 0.29) is 0 Å². The van der Waals surface area contributed by atoms with Crippen LogP contribution in [0.1, 0.15) is 9.88 Å². The van der Waals surface area contributed by atoms with Gasteiger partial charge in [-0.2, -0.15) is 0 Å². The predicted molar refractivity (Wildman–Crippen MR) is 31.3 cm³/mol. The van der Waals surface area contributed by atoms with Gasteiger partial charge in [-0.15, -0.1) is 11.3 Å². The van der Waals surface area contributed by atoms with Gasteiger partial charge in [0.15, 0.2) is 0 Å². The Bertz CT molecular complexity index is 140. The zero-order valence-electron chi connectivity index (χ0n) is 4.14. The Hall–Kier alpha value is -0.370. The van der Waals surface area contributed by atoms with Crippen LogP contribution in [0.3, 0.4) is 0 Å². The number of aryl methyl sites for hydroxylation is 1. The minimum absolute atomic E-state index is 0.900. The average molecular weight is 112 g/mol. The van der Waals surface area contributed by atoms with E-state index in [2.05, 4.69) is 11.9 Å². The Labute approximate surface area is 47.0 Å². The molecule has 0 fully saturated rings. The molecule has 7 heavy (non-hydrogen) atoms. The number of nitrogens with zero attached hydrogens (tertiary/aromatic N) is 1. The van der Waals surface area contributed by atoms with Gasteiger partial charge in [0.1, 0.15) is 0 Å². The molecule has 2 heteroatoms. The van der Waals surface area contributed by atoms with Gasteiger partial charge in [-0.05, 0) is 6.92 Å². The first-order valence-electron chi connectivity index (χ1n) is 2.03. The molecule has 1 nitrogen and oxygen atoms in total. The summed E-state index contributed by atoms with van der Waals surface area (Å²) < 4.78 is 0. The second kappa shape index (κ2) is 1.62. The van der Waals surface area contributed by atoms with E-state index >= 15 is 0 Å². The molecule has 0 aliphatic rings. The summed E-state index contributed by atoms with van der Waals surface area (Å²) in [6, 6.07) is 0. The Morgan fingerprint density at radius 2 is 2.57 bits per heavy atom. The lowest BCUT2D eigenvalue weighted by Crippen LogP contribution is -1.57. The van der Waals surface area contributed by atoms with Crippen molar-refractivity contribution in [2.24, 2.45) is 0 Å². The maximum absolute atomic E-state index is 3.92. The second-order valence-corrected chi connectivity index (χ2v) is 2.68. The maximum atomic E-state index is 3.92. The van der Waals surface area contributed by atoms with Gasteiger partial charge >= 0.3 is 0 Å². The fraction of sp³-hybridized carbons (Fsp3) is 0.200. The van der Waals surface area contributed by atoms with Gasteiger partial charge in [-0.25, -0.2) is 4.98 Å². The van der Waals surface area contributed by atoms with E-state index in [9.17, 15) is 0 Å². The molecule has 0 aliphatic carbocycles. The number of hydrogen-bond donors (Lipinski definition) is 0. The predicted octanol–water partition coefficient (Wildman–Crippen LogP) is 1.63. The van der Waals surface area contributed by atoms with Crippen molar-refractivity contribution in [3.05, 3.63) is 23.0 Å². The van der Waals surface area contributed by atoms with Crippen LogP contribution in [0.4, 0.5) is 0 Å². The van der Waals surface area contributed by atoms with Crippen LogP contribution in [0.25, 0.3) is 0 Å². The summed E-state index contributed by atoms with van der Waals surface area (Å²) in [6.07, 6.45) is 1.83. The summed E-state index contributed by atoms with van der Waals surface area (Å²) in [7, 11) is 0. The van der Waals surface area contributed by atoms with Crippen LogP contribution >= 0.6 is 11.3 Å². The third kappa shape index (κ3) is 0.996. The largest absolute Gasteiger partial charge is 0.249 e. The fourth-order valence-corrected chi connectivity index (χ4v) is 0.984. The van der Waals surface area contributed by atoms with Gasteiger partial charge < -0.3 is 0 Å². The molecule has 1 aromatic rings. The highest BCUT2D eigenvalue weighted by Gasteiger charge is 1.86. The van der Waals surface area contributed by atoms with Crippen LogP contribution in [0.5, 0.6) is 0 Å². The monoisotopic (exact) mass is 112 g/mol. The minimum Gasteiger partial charge on any atom is -0.249 e. The first-order valence-corrected chi connectivity index (χ1v) is 2.85. The van der Waals surface area contributed by atoms with Crippen molar-refractivity contribution in [3.8, 4) is 0 Å². The molecule has 0 amide bonds. The molecule has 1 heterocycles. The van der Waals surface area contributed by atoms with E-state index in [4.69, 9.17) is 0 Å². The first kappa shape index (κ1) is 4.78. The van der Waals surface area contributed by atoms with Crippen LogP contribution in [0.2, 0.25) is 0 Å². The molecule has 0 saturated carbocycles. The van der Waals surface area contributed by atoms with Crippen LogP contribution in [0.15, 0.2) is 6.20 Å². The number of thiazole rings is 1. The maximum Gasteiger partial charge on any atom is 0.0931 e. The topological polar surface area (TPSA) is 12.9 Å². The summed E-state index contributed by atoms with van der Waals surface area (Å²) in [6.45, 7) is 5.67. The van der Waals surface area contributed by atoms with Gasteiger partial charge in [-0.1, -0.05) is 0 Å². The SMILES string of the molecule is [CH2]c1ncc(C)s1. The average Bonchev–Trinajstić information content (AvgIpc) is 1.87. The second-order valence-electron chi connectivity index (χ2n) is 1.36. The first-order chi connectivity index (χ1) is 3.29. The lowest BCUT2D eigenvalue weighted by atomic mass is 10.6. The van der Waals surface area contributed by atoms with Gasteiger partial charge in [0.25, 0.3) is 0 Å². The van der Waals surface area contributed by atoms with E-state index in [0.29, 0.717) is 0 Å². The molecule has 0 aliphatic heterocycles. The third-order valence-electron chi connectivity index (χ3n) is 0.669. The molecular weight excluding hydrogens is 106 g/mol. The van der Waals surface area contributed by atoms with Crippen molar-refractivity contribution in [2.75, 3.05) is 0 Å². The molecule has 1 aromatic heterocycles. The van der Waals surface area contributed by atoms with Crippen LogP contribution < -0.4 is 0 Å². The van der Waals surface area contributed by atoms with E-state index in [0.717, 1.165) is 5.01 Å². The van der Waals surface area contributed by atoms with Crippen LogP contribution in [-0.2, 0) is 0 Å². The van der Waals surface area contributed by atoms with E-state index in [1.165, 1.54) is 4.88 Å². The third-order valence-corrected chi connectivity index (χ3v) is 1.44. The zero-order valence-corrected chi connectivity index (χ0v) is 4.96. The summed E-state index contributed by atoms with van der Waals surface area (Å²) in [4.78, 5) is 5.15. The molecule has 0 N–H and O–H groups in total. The Morgan fingerprint density at radius 1 is 1.86 bits per heavy atom. The number of hydrogen-bond acceptors (Lipinski definition) is 2. The summed E-state index contributed by atoms with van der Waals surface area (Å²) in [5, 5.41) is 0.900. The molecule has 0 unspecified atom stereocenters.